The molecule has 0 aliphatic carbocycles. The number of methoxy groups -OCH3 is 1. The average Bonchev–Trinajstić information content (AvgIpc) is 3.36. The molecule has 0 bridgehead atoms. The Bertz CT molecular complexity index is 1400. The van der Waals surface area contributed by atoms with E-state index in [4.69, 9.17) is 21.9 Å². The molecule has 0 spiro atoms. The minimum atomic E-state index is -0.0949. The lowest BCUT2D eigenvalue weighted by Gasteiger charge is -2.28. The minimum absolute atomic E-state index is 0.0745. The third-order valence-electron chi connectivity index (χ3n) is 7.04. The summed E-state index contributed by atoms with van der Waals surface area (Å²) in [5.41, 5.74) is 9.33. The van der Waals surface area contributed by atoms with Crippen LogP contribution in [0.1, 0.15) is 45.9 Å². The Morgan fingerprint density at radius 3 is 2.49 bits per heavy atom. The normalized spacial score (nSPS) is 17.5. The predicted octanol–water partition coefficient (Wildman–Crippen LogP) is 6.29. The Balaban J connectivity index is 1.70. The summed E-state index contributed by atoms with van der Waals surface area (Å²) < 4.78 is 7.88. The molecule has 0 amide bonds. The summed E-state index contributed by atoms with van der Waals surface area (Å²) in [5, 5.41) is 4.24. The molecule has 1 fully saturated rings. The summed E-state index contributed by atoms with van der Waals surface area (Å²) in [4.78, 5) is 6.90. The van der Waals surface area contributed by atoms with Gasteiger partial charge in [-0.05, 0) is 93.0 Å². The Kier molecular flexibility index (Phi) is 6.07. The van der Waals surface area contributed by atoms with Crippen LogP contribution in [0.5, 0.6) is 5.75 Å². The molecule has 2 aromatic heterocycles. The van der Waals surface area contributed by atoms with Crippen LogP contribution in [0.15, 0.2) is 72.9 Å². The largest absolute Gasteiger partial charge is 0.497 e. The molecule has 0 unspecified atom stereocenters. The number of thiocarbonyl (C=S) groups is 1. The van der Waals surface area contributed by atoms with Crippen molar-refractivity contribution in [3.63, 3.8) is 0 Å². The van der Waals surface area contributed by atoms with Crippen molar-refractivity contribution in [3.8, 4) is 11.4 Å². The maximum Gasteiger partial charge on any atom is 0.174 e. The number of aromatic nitrogens is 2. The highest BCUT2D eigenvalue weighted by Crippen LogP contribution is 2.44. The third-order valence-corrected chi connectivity index (χ3v) is 7.35. The van der Waals surface area contributed by atoms with E-state index in [9.17, 15) is 0 Å². The smallest absolute Gasteiger partial charge is 0.174 e. The zero-order valence-electron chi connectivity index (χ0n) is 20.7. The first kappa shape index (κ1) is 23.1. The predicted molar refractivity (Wildman–Crippen MR) is 146 cm³/mol. The molecule has 1 N–H and O–H groups in total. The highest BCUT2D eigenvalue weighted by Gasteiger charge is 2.42. The highest BCUT2D eigenvalue weighted by atomic mass is 32.1. The number of rotatable bonds is 5. The van der Waals surface area contributed by atoms with E-state index in [1.165, 1.54) is 33.8 Å². The van der Waals surface area contributed by atoms with Gasteiger partial charge in [-0.15, -0.1) is 0 Å². The van der Waals surface area contributed by atoms with Gasteiger partial charge in [0.05, 0.1) is 24.9 Å². The highest BCUT2D eigenvalue weighted by molar-refractivity contribution is 7.80. The van der Waals surface area contributed by atoms with Crippen molar-refractivity contribution in [1.29, 1.82) is 0 Å². The van der Waals surface area contributed by atoms with Crippen LogP contribution in [-0.4, -0.2) is 21.8 Å². The Hall–Kier alpha value is -3.64. The number of hydrogen-bond donors (Lipinski definition) is 1. The van der Waals surface area contributed by atoms with E-state index >= 15 is 0 Å². The molecule has 4 aromatic rings. The number of anilines is 1. The molecule has 0 saturated carbocycles. The lowest BCUT2D eigenvalue weighted by atomic mass is 9.96. The van der Waals surface area contributed by atoms with Gasteiger partial charge in [-0.25, -0.2) is 0 Å². The first-order valence-corrected chi connectivity index (χ1v) is 12.2. The van der Waals surface area contributed by atoms with Crippen LogP contribution in [0.3, 0.4) is 0 Å². The molecule has 2 aromatic carbocycles. The summed E-state index contributed by atoms with van der Waals surface area (Å²) in [6, 6.07) is 22.7. The van der Waals surface area contributed by atoms with Crippen LogP contribution in [0.4, 0.5) is 5.69 Å². The van der Waals surface area contributed by atoms with Gasteiger partial charge >= 0.3 is 0 Å². The van der Waals surface area contributed by atoms with Gasteiger partial charge in [0.25, 0.3) is 0 Å². The second-order valence-corrected chi connectivity index (χ2v) is 9.47. The molecular formula is C29H30N4OS. The second kappa shape index (κ2) is 9.19. The molecule has 5 nitrogen and oxygen atoms in total. The number of aryl methyl sites for hydroxylation is 2. The third kappa shape index (κ3) is 3.98. The van der Waals surface area contributed by atoms with E-state index in [-0.39, 0.29) is 12.1 Å². The summed E-state index contributed by atoms with van der Waals surface area (Å²) in [5.74, 6) is 0.797. The fourth-order valence-corrected chi connectivity index (χ4v) is 5.49. The number of pyridine rings is 1. The molecule has 2 atom stereocenters. The molecule has 1 aliphatic rings. The molecule has 3 heterocycles. The van der Waals surface area contributed by atoms with Crippen LogP contribution >= 0.6 is 12.2 Å². The first-order valence-electron chi connectivity index (χ1n) is 11.8. The van der Waals surface area contributed by atoms with Crippen molar-refractivity contribution < 1.29 is 4.74 Å². The van der Waals surface area contributed by atoms with Gasteiger partial charge in [-0.2, -0.15) is 0 Å². The number of benzene rings is 2. The molecule has 1 saturated heterocycles. The van der Waals surface area contributed by atoms with Crippen LogP contribution < -0.4 is 15.0 Å². The van der Waals surface area contributed by atoms with Crippen molar-refractivity contribution in [2.24, 2.45) is 0 Å². The van der Waals surface area contributed by atoms with Crippen molar-refractivity contribution in [2.75, 3.05) is 12.0 Å². The van der Waals surface area contributed by atoms with Crippen LogP contribution in [0.25, 0.3) is 5.69 Å². The molecule has 178 valence electrons. The van der Waals surface area contributed by atoms with Crippen molar-refractivity contribution in [2.45, 2.75) is 39.8 Å². The van der Waals surface area contributed by atoms with Gasteiger partial charge in [0.15, 0.2) is 5.11 Å². The van der Waals surface area contributed by atoms with Gasteiger partial charge in [0.2, 0.25) is 0 Å². The summed E-state index contributed by atoms with van der Waals surface area (Å²) in [6.07, 6.45) is 1.84. The SMILES string of the molecule is COc1cccc(N2C(=S)N[C@@H](c3ccccn3)[C@@H]2c2cc(C)n(-c3cccc(C)c3C)c2C)c1. The molecule has 5 rings (SSSR count). The van der Waals surface area contributed by atoms with Gasteiger partial charge < -0.3 is 19.5 Å². The van der Waals surface area contributed by atoms with Gasteiger partial charge in [-0.1, -0.05) is 24.3 Å². The molecule has 6 heteroatoms. The fraction of sp³-hybridized carbons (Fsp3) is 0.241. The molecule has 1 aliphatic heterocycles. The van der Waals surface area contributed by atoms with E-state index in [0.717, 1.165) is 17.1 Å². The van der Waals surface area contributed by atoms with Gasteiger partial charge in [0, 0.05) is 35.0 Å². The Morgan fingerprint density at radius 1 is 0.943 bits per heavy atom. The fourth-order valence-electron chi connectivity index (χ4n) is 5.14. The van der Waals surface area contributed by atoms with Gasteiger partial charge in [0.1, 0.15) is 5.75 Å². The summed E-state index contributed by atoms with van der Waals surface area (Å²) in [7, 11) is 1.69. The van der Waals surface area contributed by atoms with E-state index in [1.54, 1.807) is 7.11 Å². The van der Waals surface area contributed by atoms with Crippen molar-refractivity contribution in [3.05, 3.63) is 107 Å². The van der Waals surface area contributed by atoms with Crippen LogP contribution in [0.2, 0.25) is 0 Å². The summed E-state index contributed by atoms with van der Waals surface area (Å²) >= 11 is 5.91. The monoisotopic (exact) mass is 482 g/mol. The molecule has 0 radical (unpaired) electrons. The zero-order chi connectivity index (χ0) is 24.7. The van der Waals surface area contributed by atoms with Gasteiger partial charge in [-0.3, -0.25) is 4.98 Å². The van der Waals surface area contributed by atoms with E-state index in [2.05, 4.69) is 78.9 Å². The lowest BCUT2D eigenvalue weighted by Crippen LogP contribution is -2.29. The maximum atomic E-state index is 5.91. The Morgan fingerprint density at radius 2 is 1.74 bits per heavy atom. The molecule has 35 heavy (non-hydrogen) atoms. The van der Waals surface area contributed by atoms with E-state index in [1.807, 2.05) is 36.5 Å². The van der Waals surface area contributed by atoms with E-state index in [0.29, 0.717) is 5.11 Å². The Labute approximate surface area is 212 Å². The zero-order valence-corrected chi connectivity index (χ0v) is 21.6. The topological polar surface area (TPSA) is 42.3 Å². The van der Waals surface area contributed by atoms with E-state index < -0.39 is 0 Å². The number of ether oxygens (including phenoxy) is 1. The van der Waals surface area contributed by atoms with Crippen molar-refractivity contribution >= 4 is 23.0 Å². The molecular weight excluding hydrogens is 452 g/mol. The maximum absolute atomic E-state index is 5.91. The first-order chi connectivity index (χ1) is 16.9. The van der Waals surface area contributed by atoms with Crippen molar-refractivity contribution in [1.82, 2.24) is 14.9 Å². The van der Waals surface area contributed by atoms with Crippen LogP contribution in [0, 0.1) is 27.7 Å². The minimum Gasteiger partial charge on any atom is -0.497 e. The van der Waals surface area contributed by atoms with Crippen LogP contribution in [-0.2, 0) is 0 Å². The number of nitrogens with zero attached hydrogens (tertiary/aromatic N) is 3. The average molecular weight is 483 g/mol. The lowest BCUT2D eigenvalue weighted by molar-refractivity contribution is 0.415. The standard InChI is InChI=1S/C29H30N4OS/c1-18-10-8-14-26(20(18)3)32-19(2)16-24(21(32)4)28-27(25-13-6-7-15-30-25)31-29(35)33(28)22-11-9-12-23(17-22)34-5/h6-17,27-28H,1-5H3,(H,31,35)/t27-,28-/m0/s1. The number of hydrogen-bond acceptors (Lipinski definition) is 3. The second-order valence-electron chi connectivity index (χ2n) is 9.08. The number of nitrogens with one attached hydrogen (secondary N) is 1. The summed E-state index contributed by atoms with van der Waals surface area (Å²) in [6.45, 7) is 8.72. The quantitative estimate of drug-likeness (QED) is 0.339.